The van der Waals surface area contributed by atoms with Gasteiger partial charge in [0, 0.05) is 147 Å². The summed E-state index contributed by atoms with van der Waals surface area (Å²) in [6, 6.07) is 69.7. The maximum atomic E-state index is 4.21. The Hall–Kier alpha value is -9.92. The van der Waals surface area contributed by atoms with Crippen LogP contribution in [0, 0.1) is 0 Å². The number of pyridine rings is 8. The summed E-state index contributed by atoms with van der Waals surface area (Å²) in [4.78, 5) is 16.8. The number of rotatable bonds is 12. The van der Waals surface area contributed by atoms with Gasteiger partial charge in [-0.15, -0.1) is 0 Å². The molecule has 0 aliphatic rings. The molecular formula is C65H48N8+4. The summed E-state index contributed by atoms with van der Waals surface area (Å²) < 4.78 is 8.67. The molecule has 73 heavy (non-hydrogen) atoms. The Bertz CT molecular complexity index is 3220. The number of benzene rings is 4. The van der Waals surface area contributed by atoms with E-state index in [1.54, 1.807) is 0 Å². The molecule has 12 aromatic rings. The van der Waals surface area contributed by atoms with E-state index in [0.717, 1.165) is 89.5 Å². The monoisotopic (exact) mass is 940 g/mol. The van der Waals surface area contributed by atoms with Crippen LogP contribution in [-0.2, 0) is 5.41 Å². The fraction of sp³-hybridized carbons (Fsp3) is 0.0154. The van der Waals surface area contributed by atoms with Gasteiger partial charge in [-0.25, -0.2) is 0 Å². The van der Waals surface area contributed by atoms with Gasteiger partial charge in [0.15, 0.2) is 49.6 Å². The molecule has 12 rings (SSSR count). The molecule has 0 saturated heterocycles. The topological polar surface area (TPSA) is 67.1 Å². The second-order valence-electron chi connectivity index (χ2n) is 17.9. The average Bonchev–Trinajstić information content (AvgIpc) is 3.49. The molecule has 0 unspecified atom stereocenters. The highest BCUT2D eigenvalue weighted by Crippen LogP contribution is 2.46. The third kappa shape index (κ3) is 8.97. The summed E-state index contributed by atoms with van der Waals surface area (Å²) in [5, 5.41) is 0. The highest BCUT2D eigenvalue weighted by atomic mass is 14.9. The smallest absolute Gasteiger partial charge is 0.210 e. The largest absolute Gasteiger partial charge is 0.265 e. The van der Waals surface area contributed by atoms with Crippen LogP contribution in [-0.4, -0.2) is 19.9 Å². The van der Waals surface area contributed by atoms with Crippen molar-refractivity contribution in [3.8, 4) is 67.3 Å². The minimum Gasteiger partial charge on any atom is -0.265 e. The first-order chi connectivity index (χ1) is 36.2. The van der Waals surface area contributed by atoms with E-state index < -0.39 is 5.41 Å². The predicted octanol–water partition coefficient (Wildman–Crippen LogP) is 11.4. The van der Waals surface area contributed by atoms with Gasteiger partial charge in [-0.3, -0.25) is 19.9 Å². The molecule has 8 nitrogen and oxygen atoms in total. The van der Waals surface area contributed by atoms with Crippen molar-refractivity contribution in [2.24, 2.45) is 0 Å². The SMILES string of the molecule is c1cc(-c2cc[n+](-c3ccc(C(c4ccc(-[n+]5ccc(-c6ccncc6)cc5)cc4)(c4ccc(-[n+]5ccc(-c6ccncc6)cc5)cc4)c4ccc(-[n+]5ccc(-c6ccncc6)cc5)cc4)cc3)cc2)ccn1. The van der Waals surface area contributed by atoms with E-state index in [-0.39, 0.29) is 0 Å². The van der Waals surface area contributed by atoms with Crippen LogP contribution < -0.4 is 18.3 Å². The van der Waals surface area contributed by atoms with Crippen molar-refractivity contribution in [3.05, 3.63) is 316 Å². The highest BCUT2D eigenvalue weighted by Gasteiger charge is 2.39. The summed E-state index contributed by atoms with van der Waals surface area (Å²) in [6.07, 6.45) is 31.6. The summed E-state index contributed by atoms with van der Waals surface area (Å²) in [5.74, 6) is 0. The Balaban J connectivity index is 0.978. The maximum absolute atomic E-state index is 4.21. The molecule has 0 radical (unpaired) electrons. The molecule has 0 saturated carbocycles. The first-order valence-electron chi connectivity index (χ1n) is 24.3. The van der Waals surface area contributed by atoms with Gasteiger partial charge >= 0.3 is 0 Å². The Labute approximate surface area is 424 Å². The third-order valence-corrected chi connectivity index (χ3v) is 13.8. The van der Waals surface area contributed by atoms with Crippen LogP contribution in [0.2, 0.25) is 0 Å². The Kier molecular flexibility index (Phi) is 12.0. The van der Waals surface area contributed by atoms with E-state index in [1.807, 2.05) is 98.1 Å². The summed E-state index contributed by atoms with van der Waals surface area (Å²) in [7, 11) is 0. The number of nitrogens with zero attached hydrogens (tertiary/aromatic N) is 8. The molecule has 0 amide bonds. The van der Waals surface area contributed by atoms with E-state index >= 15 is 0 Å². The lowest BCUT2D eigenvalue weighted by Gasteiger charge is -2.36. The van der Waals surface area contributed by atoms with Gasteiger partial charge in [0.05, 0.1) is 5.41 Å². The molecular weight excluding hydrogens is 893 g/mol. The predicted molar refractivity (Wildman–Crippen MR) is 284 cm³/mol. The van der Waals surface area contributed by atoms with Crippen molar-refractivity contribution in [1.82, 2.24) is 19.9 Å². The van der Waals surface area contributed by atoms with E-state index in [2.05, 4.69) is 233 Å². The summed E-state index contributed by atoms with van der Waals surface area (Å²) in [6.45, 7) is 0. The van der Waals surface area contributed by atoms with Crippen LogP contribution in [0.3, 0.4) is 0 Å². The van der Waals surface area contributed by atoms with Crippen LogP contribution in [0.25, 0.3) is 67.3 Å². The molecule has 8 heterocycles. The van der Waals surface area contributed by atoms with Crippen molar-refractivity contribution < 1.29 is 18.3 Å². The Morgan fingerprint density at radius 1 is 0.192 bits per heavy atom. The van der Waals surface area contributed by atoms with Crippen LogP contribution in [0.5, 0.6) is 0 Å². The van der Waals surface area contributed by atoms with E-state index in [4.69, 9.17) is 0 Å². The van der Waals surface area contributed by atoms with Gasteiger partial charge in [-0.2, -0.15) is 18.3 Å². The zero-order valence-corrected chi connectivity index (χ0v) is 39.8. The molecule has 0 N–H and O–H groups in total. The quantitative estimate of drug-likeness (QED) is 0.0904. The van der Waals surface area contributed by atoms with Crippen molar-refractivity contribution in [2.75, 3.05) is 0 Å². The minimum absolute atomic E-state index is 0.744. The summed E-state index contributed by atoms with van der Waals surface area (Å²) >= 11 is 0. The standard InChI is InChI=1S/C65H48N8/c1-9-61(70-41-25-53(26-42-70)49-17-33-66-34-18-49)10-2-57(1)65(58-3-11-62(12-4-58)71-43-27-54(28-44-71)50-19-35-67-36-20-50,59-5-13-63(14-6-59)72-45-29-55(30-46-72)51-21-37-68-38-22-51)60-7-15-64(16-8-60)73-47-31-56(32-48-73)52-23-39-69-40-24-52/h1-48H/q+4. The maximum Gasteiger partial charge on any atom is 0.210 e. The molecule has 0 fully saturated rings. The zero-order valence-electron chi connectivity index (χ0n) is 39.8. The molecule has 344 valence electrons. The fourth-order valence-electron chi connectivity index (χ4n) is 9.88. The van der Waals surface area contributed by atoms with Gasteiger partial charge in [0.2, 0.25) is 22.7 Å². The van der Waals surface area contributed by atoms with Crippen molar-refractivity contribution >= 4 is 0 Å². The number of hydrogen-bond acceptors (Lipinski definition) is 4. The van der Waals surface area contributed by atoms with Gasteiger partial charge in [0.25, 0.3) is 0 Å². The molecule has 8 heteroatoms. The van der Waals surface area contributed by atoms with Crippen LogP contribution in [0.15, 0.2) is 293 Å². The van der Waals surface area contributed by atoms with Crippen LogP contribution in [0.4, 0.5) is 0 Å². The molecule has 0 spiro atoms. The second-order valence-corrected chi connectivity index (χ2v) is 17.9. The normalized spacial score (nSPS) is 11.3. The zero-order chi connectivity index (χ0) is 48.8. The van der Waals surface area contributed by atoms with E-state index in [0.29, 0.717) is 0 Å². The molecule has 4 aromatic carbocycles. The molecule has 0 aliphatic carbocycles. The Morgan fingerprint density at radius 3 is 0.534 bits per heavy atom. The fourth-order valence-corrected chi connectivity index (χ4v) is 9.88. The third-order valence-electron chi connectivity index (χ3n) is 13.8. The highest BCUT2D eigenvalue weighted by molar-refractivity contribution is 5.65. The van der Waals surface area contributed by atoms with Crippen LogP contribution >= 0.6 is 0 Å². The molecule has 8 aromatic heterocycles. The number of hydrogen-bond donors (Lipinski definition) is 0. The second kappa shape index (κ2) is 19.8. The van der Waals surface area contributed by atoms with Gasteiger partial charge in [-0.05, 0) is 115 Å². The first kappa shape index (κ1) is 44.3. The van der Waals surface area contributed by atoms with E-state index in [9.17, 15) is 0 Å². The lowest BCUT2D eigenvalue weighted by molar-refractivity contribution is -0.595. The molecule has 0 aliphatic heterocycles. The van der Waals surface area contributed by atoms with Gasteiger partial charge in [-0.1, -0.05) is 48.5 Å². The lowest BCUT2D eigenvalue weighted by atomic mass is 9.65. The Morgan fingerprint density at radius 2 is 0.356 bits per heavy atom. The molecule has 0 bridgehead atoms. The van der Waals surface area contributed by atoms with Crippen LogP contribution in [0.1, 0.15) is 22.3 Å². The lowest BCUT2D eigenvalue weighted by Crippen LogP contribution is -2.34. The van der Waals surface area contributed by atoms with E-state index in [1.165, 1.54) is 0 Å². The van der Waals surface area contributed by atoms with Crippen molar-refractivity contribution in [1.29, 1.82) is 0 Å². The number of aromatic nitrogens is 8. The van der Waals surface area contributed by atoms with Crippen molar-refractivity contribution in [3.63, 3.8) is 0 Å². The minimum atomic E-state index is -0.744. The van der Waals surface area contributed by atoms with Gasteiger partial charge in [0.1, 0.15) is 0 Å². The molecule has 0 atom stereocenters. The van der Waals surface area contributed by atoms with Gasteiger partial charge < -0.3 is 0 Å². The first-order valence-corrected chi connectivity index (χ1v) is 24.3. The average molecular weight is 941 g/mol. The summed E-state index contributed by atoms with van der Waals surface area (Å²) in [5.41, 5.74) is 17.1. The van der Waals surface area contributed by atoms with Crippen molar-refractivity contribution in [2.45, 2.75) is 5.41 Å².